The second kappa shape index (κ2) is 4.13. The van der Waals surface area contributed by atoms with E-state index in [4.69, 9.17) is 34.8 Å². The van der Waals surface area contributed by atoms with Crippen molar-refractivity contribution in [1.29, 1.82) is 0 Å². The van der Waals surface area contributed by atoms with Crippen LogP contribution in [-0.4, -0.2) is 12.0 Å². The first-order valence-electron chi connectivity index (χ1n) is 3.40. The molecule has 0 aromatic carbocycles. The highest BCUT2D eigenvalue weighted by atomic mass is 35.5. The number of carbonyl (C=O) groups excluding carboxylic acids is 1. The van der Waals surface area contributed by atoms with E-state index in [-0.39, 0.29) is 9.36 Å². The van der Waals surface area contributed by atoms with Crippen LogP contribution in [0, 0.1) is 0 Å². The van der Waals surface area contributed by atoms with Crippen LogP contribution in [-0.2, 0) is 6.26 Å². The van der Waals surface area contributed by atoms with Crippen LogP contribution in [0.15, 0.2) is 0 Å². The number of Topliss-reactive ketones (excluding diaryl/α,β-unsaturated/α-hetero) is 1. The first kappa shape index (κ1) is 13.1. The summed E-state index contributed by atoms with van der Waals surface area (Å²) in [6, 6.07) is 0. The Morgan fingerprint density at radius 3 is 1.93 bits per heavy atom. The van der Waals surface area contributed by atoms with Crippen LogP contribution in [0.3, 0.4) is 0 Å². The monoisotopic (exact) mass is 297 g/mol. The molecule has 0 saturated carbocycles. The molecule has 0 spiro atoms. The van der Waals surface area contributed by atoms with E-state index in [2.05, 4.69) is 0 Å². The van der Waals surface area contributed by atoms with Gasteiger partial charge in [0.15, 0.2) is 0 Å². The number of thiophene rings is 1. The largest absolute Gasteiger partial charge is 0.460 e. The molecule has 15 heavy (non-hydrogen) atoms. The van der Waals surface area contributed by atoms with Crippen molar-refractivity contribution in [2.75, 3.05) is 0 Å². The van der Waals surface area contributed by atoms with Gasteiger partial charge < -0.3 is 0 Å². The number of rotatable bonds is 1. The lowest BCUT2D eigenvalue weighted by Crippen LogP contribution is -2.22. The lowest BCUT2D eigenvalue weighted by atomic mass is 10.3. The Balaban J connectivity index is 3.40. The molecule has 1 rings (SSSR count). The molecule has 0 bridgehead atoms. The molecule has 0 N–H and O–H groups in total. The Morgan fingerprint density at radius 1 is 1.20 bits per heavy atom. The van der Waals surface area contributed by atoms with Gasteiger partial charge in [-0.1, -0.05) is 23.2 Å². The highest BCUT2D eigenvalue weighted by Crippen LogP contribution is 2.48. The lowest BCUT2D eigenvalue weighted by molar-refractivity contribution is -0.0882. The van der Waals surface area contributed by atoms with Crippen molar-refractivity contribution in [2.24, 2.45) is 6.26 Å². The van der Waals surface area contributed by atoms with Gasteiger partial charge in [0.1, 0.15) is 16.3 Å². The van der Waals surface area contributed by atoms with E-state index in [0.717, 1.165) is 0 Å². The molecule has 0 aliphatic carbocycles. The Bertz CT molecular complexity index is 399. The zero-order chi connectivity index (χ0) is 12.0. The molecule has 0 aliphatic heterocycles. The lowest BCUT2D eigenvalue weighted by Gasteiger charge is -2.00. The fraction of sp³-hybridized carbons (Fsp3) is 0.286. The van der Waals surface area contributed by atoms with Gasteiger partial charge in [0.05, 0.1) is 0 Å². The van der Waals surface area contributed by atoms with Crippen molar-refractivity contribution in [2.45, 2.75) is 6.18 Å². The number of alkyl halides is 3. The van der Waals surface area contributed by atoms with Gasteiger partial charge in [-0.2, -0.15) is 13.2 Å². The average Bonchev–Trinajstić information content (AvgIpc) is 2.29. The number of hydrogen-bond acceptors (Lipinski definition) is 1. The minimum atomic E-state index is -4.96. The van der Waals surface area contributed by atoms with Gasteiger partial charge in [0.25, 0.3) is 4.34 Å². The maximum Gasteiger partial charge on any atom is 0.460 e. The number of carbonyl (C=O) groups is 1. The van der Waals surface area contributed by atoms with E-state index in [1.807, 2.05) is 0 Å². The van der Waals surface area contributed by atoms with Gasteiger partial charge >= 0.3 is 12.0 Å². The van der Waals surface area contributed by atoms with Crippen LogP contribution in [0.2, 0.25) is 14.4 Å². The predicted molar refractivity (Wildman–Crippen MR) is 55.3 cm³/mol. The van der Waals surface area contributed by atoms with E-state index in [1.54, 1.807) is 0 Å². The molecule has 0 amide bonds. The normalized spacial score (nSPS) is 13.1. The predicted octanol–water partition coefficient (Wildman–Crippen LogP) is 4.68. The molecule has 1 atom stereocenters. The van der Waals surface area contributed by atoms with Gasteiger partial charge in [-0.25, -0.2) is 0 Å². The smallest absolute Gasteiger partial charge is 0.278 e. The summed E-state index contributed by atoms with van der Waals surface area (Å²) in [6.07, 6.45) is -3.60. The van der Waals surface area contributed by atoms with Crippen molar-refractivity contribution in [3.63, 3.8) is 0 Å². The van der Waals surface area contributed by atoms with Crippen molar-refractivity contribution >= 4 is 51.1 Å². The van der Waals surface area contributed by atoms with Crippen molar-refractivity contribution in [1.82, 2.24) is 0 Å². The molecule has 0 saturated heterocycles. The molecule has 1 unspecified atom stereocenters. The van der Waals surface area contributed by atoms with Crippen LogP contribution in [0.25, 0.3) is 0 Å². The maximum absolute atomic E-state index is 12.2. The number of halogens is 6. The molecular weight excluding hydrogens is 295 g/mol. The quantitative estimate of drug-likeness (QED) is 0.543. The third-order valence-corrected chi connectivity index (χ3v) is 5.40. The molecule has 0 aliphatic rings. The van der Waals surface area contributed by atoms with Gasteiger partial charge in [0, 0.05) is 10.5 Å². The Hall–Kier alpha value is 0.0300. The summed E-state index contributed by atoms with van der Waals surface area (Å²) < 4.78 is 36.5. The summed E-state index contributed by atoms with van der Waals surface area (Å²) in [5.74, 6) is -1.99. The van der Waals surface area contributed by atoms with E-state index in [9.17, 15) is 18.0 Å². The highest BCUT2D eigenvalue weighted by molar-refractivity contribution is 7.35. The SMILES string of the molecule is C[s+]1c(Cl)c(Cl)c(Cl)c1C(=O)C(F)(F)F. The van der Waals surface area contributed by atoms with Crippen LogP contribution in [0.1, 0.15) is 9.67 Å². The topological polar surface area (TPSA) is 17.1 Å². The molecule has 0 fully saturated rings. The third-order valence-electron chi connectivity index (χ3n) is 1.60. The van der Waals surface area contributed by atoms with E-state index < -0.39 is 32.3 Å². The van der Waals surface area contributed by atoms with E-state index in [1.165, 1.54) is 6.26 Å². The summed E-state index contributed by atoms with van der Waals surface area (Å²) in [6.45, 7) is 0. The van der Waals surface area contributed by atoms with Crippen LogP contribution in [0.4, 0.5) is 13.2 Å². The molecule has 1 aromatic rings. The minimum Gasteiger partial charge on any atom is -0.278 e. The van der Waals surface area contributed by atoms with Gasteiger partial charge in [-0.05, 0) is 11.6 Å². The molecule has 0 radical (unpaired) electrons. The van der Waals surface area contributed by atoms with Crippen molar-refractivity contribution in [3.8, 4) is 0 Å². The summed E-state index contributed by atoms with van der Waals surface area (Å²) in [7, 11) is -1.20. The summed E-state index contributed by atoms with van der Waals surface area (Å²) in [5, 5.41) is -0.591. The summed E-state index contributed by atoms with van der Waals surface area (Å²) in [4.78, 5) is 10.4. The molecule has 1 heterocycles. The van der Waals surface area contributed by atoms with Crippen LogP contribution >= 0.6 is 45.3 Å². The zero-order valence-electron chi connectivity index (χ0n) is 7.08. The fourth-order valence-corrected chi connectivity index (χ4v) is 3.68. The average molecular weight is 299 g/mol. The Morgan fingerprint density at radius 2 is 1.67 bits per heavy atom. The number of ketones is 1. The minimum absolute atomic E-state index is 0.0192. The first-order chi connectivity index (χ1) is 6.68. The molecule has 1 nitrogen and oxygen atoms in total. The van der Waals surface area contributed by atoms with Crippen molar-refractivity contribution < 1.29 is 18.0 Å². The Labute approximate surface area is 101 Å². The van der Waals surface area contributed by atoms with Crippen molar-refractivity contribution in [3.05, 3.63) is 19.3 Å². The first-order valence-corrected chi connectivity index (χ1v) is 6.17. The zero-order valence-corrected chi connectivity index (χ0v) is 10.2. The van der Waals surface area contributed by atoms with Gasteiger partial charge in [-0.3, -0.25) is 4.79 Å². The maximum atomic E-state index is 12.2. The molecule has 1 aromatic heterocycles. The second-order valence-corrected chi connectivity index (χ2v) is 5.76. The van der Waals surface area contributed by atoms with Crippen LogP contribution < -0.4 is 0 Å². The highest BCUT2D eigenvalue weighted by Gasteiger charge is 2.47. The Kier molecular flexibility index (Phi) is 3.60. The standard InChI is InChI=1S/C7H3Cl3F3OS/c1-15-4(5(14)7(11,12)13)2(8)3(9)6(15)10/h1H3/q+1. The third kappa shape index (κ3) is 2.25. The molecular formula is C7H3Cl3F3OS+. The van der Waals surface area contributed by atoms with Gasteiger partial charge in [-0.15, -0.1) is 0 Å². The van der Waals surface area contributed by atoms with E-state index >= 15 is 0 Å². The summed E-state index contributed by atoms with van der Waals surface area (Å²) >= 11 is 16.7. The number of hydrogen-bond donors (Lipinski definition) is 0. The summed E-state index contributed by atoms with van der Waals surface area (Å²) in [5.41, 5.74) is 0. The van der Waals surface area contributed by atoms with E-state index in [0.29, 0.717) is 0 Å². The van der Waals surface area contributed by atoms with Crippen LogP contribution in [0.5, 0.6) is 0 Å². The molecule has 84 valence electrons. The fourth-order valence-electron chi connectivity index (χ4n) is 0.912. The van der Waals surface area contributed by atoms with Gasteiger partial charge in [0.2, 0.25) is 4.88 Å². The second-order valence-electron chi connectivity index (χ2n) is 2.57. The molecule has 8 heteroatoms.